The van der Waals surface area contributed by atoms with Crippen LogP contribution in [0.25, 0.3) is 11.3 Å². The molecule has 10 heteroatoms. The highest BCUT2D eigenvalue weighted by molar-refractivity contribution is 14.1. The fraction of sp³-hybridized carbons (Fsp3) is 0.435. The van der Waals surface area contributed by atoms with Gasteiger partial charge in [-0.15, -0.1) is 5.10 Å². The van der Waals surface area contributed by atoms with E-state index in [4.69, 9.17) is 0 Å². The van der Waals surface area contributed by atoms with Gasteiger partial charge in [0.15, 0.2) is 0 Å². The van der Waals surface area contributed by atoms with Gasteiger partial charge >= 0.3 is 6.18 Å². The van der Waals surface area contributed by atoms with Gasteiger partial charge < -0.3 is 10.6 Å². The lowest BCUT2D eigenvalue weighted by atomic mass is 9.93. The van der Waals surface area contributed by atoms with Crippen LogP contribution in [-0.4, -0.2) is 38.2 Å². The van der Waals surface area contributed by atoms with Crippen LogP contribution >= 0.6 is 22.6 Å². The van der Waals surface area contributed by atoms with E-state index >= 15 is 0 Å². The summed E-state index contributed by atoms with van der Waals surface area (Å²) in [4.78, 5) is 11.1. The number of alkyl halides is 4. The van der Waals surface area contributed by atoms with Crippen LogP contribution in [0.15, 0.2) is 36.4 Å². The number of aromatic nitrogens is 4. The number of pyridine rings is 1. The number of hydrogen-bond donors (Lipinski definition) is 3. The van der Waals surface area contributed by atoms with Gasteiger partial charge in [0.25, 0.3) is 0 Å². The second kappa shape index (κ2) is 10.4. The van der Waals surface area contributed by atoms with Crippen LogP contribution in [0.5, 0.6) is 0 Å². The molecule has 1 aliphatic heterocycles. The molecule has 33 heavy (non-hydrogen) atoms. The number of piperidine rings is 1. The average Bonchev–Trinajstić information content (AvgIpc) is 3.59. The minimum atomic E-state index is -4.46. The first-order chi connectivity index (χ1) is 16.0. The van der Waals surface area contributed by atoms with Gasteiger partial charge in [0.2, 0.25) is 5.95 Å². The maximum absolute atomic E-state index is 13.6. The van der Waals surface area contributed by atoms with E-state index < -0.39 is 11.7 Å². The Morgan fingerprint density at radius 1 is 0.970 bits per heavy atom. The van der Waals surface area contributed by atoms with E-state index in [0.717, 1.165) is 56.4 Å². The van der Waals surface area contributed by atoms with Gasteiger partial charge in [-0.2, -0.15) is 18.2 Å². The van der Waals surface area contributed by atoms with E-state index in [0.29, 0.717) is 23.2 Å². The van der Waals surface area contributed by atoms with Gasteiger partial charge in [-0.3, -0.25) is 10.1 Å². The Morgan fingerprint density at radius 2 is 1.70 bits per heavy atom. The van der Waals surface area contributed by atoms with E-state index in [-0.39, 0.29) is 11.5 Å². The monoisotopic (exact) mass is 570 g/mol. The molecule has 0 bridgehead atoms. The maximum atomic E-state index is 13.6. The summed E-state index contributed by atoms with van der Waals surface area (Å²) in [6, 6.07) is 9.12. The number of H-pyrrole nitrogens is 1. The summed E-state index contributed by atoms with van der Waals surface area (Å²) in [5, 5.41) is 13.6. The van der Waals surface area contributed by atoms with Crippen molar-refractivity contribution in [3.8, 4) is 11.3 Å². The predicted octanol–water partition coefficient (Wildman–Crippen LogP) is 6.02. The van der Waals surface area contributed by atoms with Crippen molar-refractivity contribution in [3.05, 3.63) is 53.5 Å². The fourth-order valence-electron chi connectivity index (χ4n) is 4.04. The van der Waals surface area contributed by atoms with Crippen LogP contribution in [-0.2, 0) is 6.18 Å². The van der Waals surface area contributed by atoms with Crippen molar-refractivity contribution in [1.82, 2.24) is 25.5 Å². The summed E-state index contributed by atoms with van der Waals surface area (Å²) < 4.78 is 40.9. The lowest BCUT2D eigenvalue weighted by Crippen LogP contribution is -2.27. The molecule has 2 aliphatic rings. The van der Waals surface area contributed by atoms with Gasteiger partial charge in [0, 0.05) is 28.8 Å². The van der Waals surface area contributed by atoms with Crippen molar-refractivity contribution in [2.24, 2.45) is 0 Å². The predicted molar refractivity (Wildman–Crippen MR) is 131 cm³/mol. The summed E-state index contributed by atoms with van der Waals surface area (Å²) in [7, 11) is 0. The minimum absolute atomic E-state index is 0.0718. The Balaban J connectivity index is 0.00000126. The summed E-state index contributed by atoms with van der Waals surface area (Å²) in [5.41, 5.74) is 1.10. The molecular formula is C23H26F3IN6. The third kappa shape index (κ3) is 5.84. The van der Waals surface area contributed by atoms with Crippen molar-refractivity contribution >= 4 is 34.2 Å². The normalized spacial score (nSPS) is 16.8. The molecule has 1 aliphatic carbocycles. The zero-order chi connectivity index (χ0) is 23.4. The smallest absolute Gasteiger partial charge is 0.323 e. The molecule has 6 nitrogen and oxygen atoms in total. The highest BCUT2D eigenvalue weighted by Gasteiger charge is 2.34. The van der Waals surface area contributed by atoms with Crippen LogP contribution in [0.4, 0.5) is 24.8 Å². The second-order valence-corrected chi connectivity index (χ2v) is 8.18. The van der Waals surface area contributed by atoms with Crippen molar-refractivity contribution in [2.75, 3.05) is 23.3 Å². The lowest BCUT2D eigenvalue weighted by Gasteiger charge is -2.23. The largest absolute Gasteiger partial charge is 0.417 e. The lowest BCUT2D eigenvalue weighted by molar-refractivity contribution is -0.137. The zero-order valence-corrected chi connectivity index (χ0v) is 20.4. The number of nitrogens with one attached hydrogen (secondary N) is 3. The highest BCUT2D eigenvalue weighted by atomic mass is 127. The Hall–Kier alpha value is -2.21. The molecule has 1 aromatic carbocycles. The van der Waals surface area contributed by atoms with Crippen LogP contribution in [0.3, 0.4) is 0 Å². The third-order valence-electron chi connectivity index (χ3n) is 5.83. The van der Waals surface area contributed by atoms with Crippen molar-refractivity contribution in [2.45, 2.75) is 43.7 Å². The fourth-order valence-corrected chi connectivity index (χ4v) is 4.04. The number of rotatable bonds is 5. The molecule has 0 unspecified atom stereocenters. The van der Waals surface area contributed by atoms with Crippen molar-refractivity contribution in [1.29, 1.82) is 0 Å². The van der Waals surface area contributed by atoms with E-state index in [1.54, 1.807) is 12.1 Å². The van der Waals surface area contributed by atoms with Gasteiger partial charge in [0.05, 0.1) is 11.3 Å². The van der Waals surface area contributed by atoms with Crippen molar-refractivity contribution < 1.29 is 13.2 Å². The Morgan fingerprint density at radius 3 is 2.39 bits per heavy atom. The van der Waals surface area contributed by atoms with E-state index in [2.05, 4.69) is 53.4 Å². The van der Waals surface area contributed by atoms with Gasteiger partial charge in [-0.1, -0.05) is 40.8 Å². The first-order valence-electron chi connectivity index (χ1n) is 10.9. The SMILES string of the molecule is CI.FC(F)(F)c1ccccc1-c1cc(Nc2n[nH]c(C3CC3)n2)cc(C2CCNCC2)n1. The molecule has 5 rings (SSSR count). The molecule has 2 aromatic heterocycles. The van der Waals surface area contributed by atoms with E-state index in [9.17, 15) is 13.2 Å². The molecule has 0 amide bonds. The maximum Gasteiger partial charge on any atom is 0.417 e. The molecule has 3 aromatic rings. The van der Waals surface area contributed by atoms with Crippen LogP contribution in [0.1, 0.15) is 54.6 Å². The molecule has 0 atom stereocenters. The molecule has 2 fully saturated rings. The first kappa shape index (κ1) is 23.9. The number of anilines is 2. The second-order valence-electron chi connectivity index (χ2n) is 8.18. The Kier molecular flexibility index (Phi) is 7.52. The highest BCUT2D eigenvalue weighted by Crippen LogP contribution is 2.39. The quantitative estimate of drug-likeness (QED) is 0.258. The summed E-state index contributed by atoms with van der Waals surface area (Å²) in [6.45, 7) is 1.73. The van der Waals surface area contributed by atoms with Gasteiger partial charge in [0.1, 0.15) is 5.82 Å². The Bertz CT molecular complexity index is 1070. The molecule has 1 saturated carbocycles. The molecular weight excluding hydrogens is 544 g/mol. The van der Waals surface area contributed by atoms with Gasteiger partial charge in [-0.25, -0.2) is 0 Å². The molecule has 0 spiro atoms. The Labute approximate surface area is 204 Å². The summed E-state index contributed by atoms with van der Waals surface area (Å²) in [5.74, 6) is 1.88. The number of hydrogen-bond acceptors (Lipinski definition) is 5. The summed E-state index contributed by atoms with van der Waals surface area (Å²) >= 11 is 2.15. The number of aromatic amines is 1. The molecule has 176 valence electrons. The standard InChI is InChI=1S/C22H23F3N6.CH3I/c23-22(24,25)17-4-2-1-3-16(17)19-12-15(11-18(28-19)13-7-9-26-10-8-13)27-21-29-20(30-31-21)14-5-6-14;1-2/h1-4,11-14,26H,5-10H2,(H2,27,28,29,30,31);1H3. The van der Waals surface area contributed by atoms with Crippen LogP contribution < -0.4 is 10.6 Å². The van der Waals surface area contributed by atoms with Crippen molar-refractivity contribution in [3.63, 3.8) is 0 Å². The molecule has 0 radical (unpaired) electrons. The number of halogens is 4. The number of nitrogens with zero attached hydrogens (tertiary/aromatic N) is 3. The minimum Gasteiger partial charge on any atom is -0.323 e. The van der Waals surface area contributed by atoms with Crippen LogP contribution in [0.2, 0.25) is 0 Å². The average molecular weight is 570 g/mol. The molecule has 3 heterocycles. The topological polar surface area (TPSA) is 78.5 Å². The first-order valence-corrected chi connectivity index (χ1v) is 13.1. The zero-order valence-electron chi connectivity index (χ0n) is 18.2. The van der Waals surface area contributed by atoms with E-state index in [1.165, 1.54) is 12.1 Å². The van der Waals surface area contributed by atoms with E-state index in [1.807, 2.05) is 11.0 Å². The summed E-state index contributed by atoms with van der Waals surface area (Å²) in [6.07, 6.45) is -0.476. The van der Waals surface area contributed by atoms with Crippen LogP contribution in [0, 0.1) is 0 Å². The molecule has 1 saturated heterocycles. The number of benzene rings is 1. The van der Waals surface area contributed by atoms with Gasteiger partial charge in [-0.05, 0) is 61.9 Å². The third-order valence-corrected chi connectivity index (χ3v) is 5.83. The molecule has 3 N–H and O–H groups in total.